The SMILES string of the molecule is CC(=O)O[C@H]1CC[C@@]2(C)[C@@H](CC[C@@H]3[C@@H]2CC[C@]2(C)C4=NNC(C)=CC4C[C@@H]32)C1. The van der Waals surface area contributed by atoms with E-state index in [-0.39, 0.29) is 17.5 Å². The van der Waals surface area contributed by atoms with Gasteiger partial charge in [-0.1, -0.05) is 19.9 Å². The van der Waals surface area contributed by atoms with Gasteiger partial charge in [-0.15, -0.1) is 0 Å². The molecule has 0 radical (unpaired) electrons. The first-order valence-electron chi connectivity index (χ1n) is 11.5. The van der Waals surface area contributed by atoms with Crippen molar-refractivity contribution in [2.75, 3.05) is 0 Å². The van der Waals surface area contributed by atoms with Crippen molar-refractivity contribution in [3.05, 3.63) is 11.8 Å². The van der Waals surface area contributed by atoms with E-state index in [1.54, 1.807) is 6.92 Å². The van der Waals surface area contributed by atoms with E-state index < -0.39 is 0 Å². The van der Waals surface area contributed by atoms with Gasteiger partial charge in [-0.25, -0.2) is 0 Å². The molecule has 5 rings (SSSR count). The number of nitrogens with zero attached hydrogens (tertiary/aromatic N) is 1. The number of carbonyl (C=O) groups excluding carboxylic acids is 1. The lowest BCUT2D eigenvalue weighted by molar-refractivity contribution is -0.158. The van der Waals surface area contributed by atoms with Crippen molar-refractivity contribution in [1.82, 2.24) is 5.43 Å². The molecule has 4 heteroatoms. The van der Waals surface area contributed by atoms with Gasteiger partial charge < -0.3 is 4.74 Å². The largest absolute Gasteiger partial charge is 0.463 e. The summed E-state index contributed by atoms with van der Waals surface area (Å²) in [5.74, 6) is 3.62. The molecule has 8 atom stereocenters. The zero-order valence-electron chi connectivity index (χ0n) is 18.0. The number of hydrazone groups is 1. The smallest absolute Gasteiger partial charge is 0.302 e. The van der Waals surface area contributed by atoms with Gasteiger partial charge in [-0.05, 0) is 87.4 Å². The number of ether oxygens (including phenoxy) is 1. The molecule has 0 aromatic rings. The number of carbonyl (C=O) groups is 1. The summed E-state index contributed by atoms with van der Waals surface area (Å²) in [6.45, 7) is 8.78. The molecule has 0 saturated heterocycles. The van der Waals surface area contributed by atoms with Crippen molar-refractivity contribution in [2.24, 2.45) is 45.5 Å². The Morgan fingerprint density at radius 3 is 2.75 bits per heavy atom. The highest BCUT2D eigenvalue weighted by molar-refractivity contribution is 5.96. The van der Waals surface area contributed by atoms with Crippen LogP contribution in [0.15, 0.2) is 16.9 Å². The molecular weight excluding hydrogens is 348 g/mol. The van der Waals surface area contributed by atoms with Gasteiger partial charge in [0.1, 0.15) is 6.10 Å². The fourth-order valence-electron chi connectivity index (χ4n) is 8.29. The Labute approximate surface area is 169 Å². The molecule has 154 valence electrons. The lowest BCUT2D eigenvalue weighted by Gasteiger charge is -2.60. The van der Waals surface area contributed by atoms with E-state index in [1.165, 1.54) is 49.9 Å². The summed E-state index contributed by atoms with van der Waals surface area (Å²) < 4.78 is 5.61. The molecule has 0 spiro atoms. The Morgan fingerprint density at radius 2 is 1.96 bits per heavy atom. The lowest BCUT2D eigenvalue weighted by Crippen LogP contribution is -2.54. The predicted octanol–water partition coefficient (Wildman–Crippen LogP) is 5.05. The first-order chi connectivity index (χ1) is 13.3. The standard InChI is InChI=1S/C24H36N2O2/c1-14-11-16-12-21-19-6-5-17-13-18(28-15(2)27)7-9-23(17,3)20(19)8-10-24(21,4)22(16)26-25-14/h11,16-21,25H,5-10,12-13H2,1-4H3/t16?,17-,18-,19+,20-,21-,23-,24-/m0/s1. The second kappa shape index (κ2) is 6.34. The maximum atomic E-state index is 11.4. The predicted molar refractivity (Wildman–Crippen MR) is 110 cm³/mol. The summed E-state index contributed by atoms with van der Waals surface area (Å²) in [4.78, 5) is 11.4. The van der Waals surface area contributed by atoms with Crippen molar-refractivity contribution in [2.45, 2.75) is 85.2 Å². The molecular formula is C24H36N2O2. The molecule has 5 aliphatic rings. The van der Waals surface area contributed by atoms with Crippen LogP contribution in [0.3, 0.4) is 0 Å². The summed E-state index contributed by atoms with van der Waals surface area (Å²) in [6.07, 6.45) is 12.6. The Balaban J connectivity index is 1.39. The molecule has 4 saturated carbocycles. The fourth-order valence-corrected chi connectivity index (χ4v) is 8.29. The van der Waals surface area contributed by atoms with Gasteiger partial charge in [-0.2, -0.15) is 5.10 Å². The highest BCUT2D eigenvalue weighted by atomic mass is 16.5. The molecule has 4 fully saturated rings. The molecule has 0 amide bonds. The number of esters is 1. The van der Waals surface area contributed by atoms with Gasteiger partial charge in [0, 0.05) is 24.0 Å². The van der Waals surface area contributed by atoms with Gasteiger partial charge >= 0.3 is 5.97 Å². The third-order valence-electron chi connectivity index (χ3n) is 9.59. The van der Waals surface area contributed by atoms with Crippen LogP contribution < -0.4 is 5.43 Å². The van der Waals surface area contributed by atoms with Crippen molar-refractivity contribution in [3.8, 4) is 0 Å². The van der Waals surface area contributed by atoms with Gasteiger partial charge in [-0.3, -0.25) is 10.2 Å². The van der Waals surface area contributed by atoms with E-state index >= 15 is 0 Å². The fraction of sp³-hybridized carbons (Fsp3) is 0.833. The van der Waals surface area contributed by atoms with Crippen molar-refractivity contribution < 1.29 is 9.53 Å². The summed E-state index contributed by atoms with van der Waals surface area (Å²) >= 11 is 0. The zero-order valence-corrected chi connectivity index (χ0v) is 18.0. The van der Waals surface area contributed by atoms with E-state index in [0.717, 1.165) is 36.5 Å². The summed E-state index contributed by atoms with van der Waals surface area (Å²) in [6, 6.07) is 0. The molecule has 4 aliphatic carbocycles. The van der Waals surface area contributed by atoms with E-state index in [0.29, 0.717) is 11.3 Å². The average Bonchev–Trinajstić information content (AvgIpc) is 2.93. The van der Waals surface area contributed by atoms with Crippen molar-refractivity contribution in [3.63, 3.8) is 0 Å². The molecule has 0 aromatic heterocycles. The van der Waals surface area contributed by atoms with E-state index in [4.69, 9.17) is 9.84 Å². The Morgan fingerprint density at radius 1 is 1.14 bits per heavy atom. The number of rotatable bonds is 1. The molecule has 0 bridgehead atoms. The maximum absolute atomic E-state index is 11.4. The van der Waals surface area contributed by atoms with Gasteiger partial charge in [0.15, 0.2) is 0 Å². The lowest BCUT2D eigenvalue weighted by atomic mass is 9.45. The number of fused-ring (bicyclic) bond motifs is 7. The van der Waals surface area contributed by atoms with Gasteiger partial charge in [0.2, 0.25) is 0 Å². The monoisotopic (exact) mass is 384 g/mol. The summed E-state index contributed by atoms with van der Waals surface area (Å²) in [5, 5.41) is 4.85. The molecule has 1 unspecified atom stereocenters. The number of hydrogen-bond acceptors (Lipinski definition) is 4. The van der Waals surface area contributed by atoms with Crippen LogP contribution in [-0.2, 0) is 9.53 Å². The Hall–Kier alpha value is -1.32. The summed E-state index contributed by atoms with van der Waals surface area (Å²) in [7, 11) is 0. The highest BCUT2D eigenvalue weighted by Gasteiger charge is 2.61. The minimum Gasteiger partial charge on any atom is -0.463 e. The number of nitrogens with one attached hydrogen (secondary N) is 1. The van der Waals surface area contributed by atoms with Crippen LogP contribution >= 0.6 is 0 Å². The van der Waals surface area contributed by atoms with E-state index in [2.05, 4.69) is 32.3 Å². The zero-order chi connectivity index (χ0) is 19.7. The second-order valence-electron chi connectivity index (χ2n) is 10.9. The molecule has 1 heterocycles. The van der Waals surface area contributed by atoms with E-state index in [1.807, 2.05) is 0 Å². The van der Waals surface area contributed by atoms with Crippen LogP contribution in [0.4, 0.5) is 0 Å². The third-order valence-corrected chi connectivity index (χ3v) is 9.59. The van der Waals surface area contributed by atoms with Crippen LogP contribution in [0.2, 0.25) is 0 Å². The topological polar surface area (TPSA) is 50.7 Å². The van der Waals surface area contributed by atoms with Crippen LogP contribution in [0, 0.1) is 40.4 Å². The van der Waals surface area contributed by atoms with Gasteiger partial charge in [0.25, 0.3) is 0 Å². The second-order valence-corrected chi connectivity index (χ2v) is 10.9. The minimum atomic E-state index is -0.109. The molecule has 4 nitrogen and oxygen atoms in total. The van der Waals surface area contributed by atoms with Crippen molar-refractivity contribution in [1.29, 1.82) is 0 Å². The minimum absolute atomic E-state index is 0.109. The van der Waals surface area contributed by atoms with Crippen LogP contribution in [0.25, 0.3) is 0 Å². The summed E-state index contributed by atoms with van der Waals surface area (Å²) in [5.41, 5.74) is 6.63. The average molecular weight is 385 g/mol. The highest BCUT2D eigenvalue weighted by Crippen LogP contribution is 2.66. The van der Waals surface area contributed by atoms with Crippen molar-refractivity contribution >= 4 is 11.7 Å². The molecule has 1 N–H and O–H groups in total. The number of allylic oxidation sites excluding steroid dienone is 2. The first kappa shape index (κ1) is 18.7. The molecule has 0 aromatic carbocycles. The van der Waals surface area contributed by atoms with E-state index in [9.17, 15) is 4.79 Å². The van der Waals surface area contributed by atoms with Crippen LogP contribution in [-0.4, -0.2) is 17.8 Å². The molecule has 28 heavy (non-hydrogen) atoms. The molecule has 1 aliphatic heterocycles. The first-order valence-corrected chi connectivity index (χ1v) is 11.5. The third kappa shape index (κ3) is 2.62. The number of hydrogen-bond donors (Lipinski definition) is 1. The Kier molecular flexibility index (Phi) is 4.23. The quantitative estimate of drug-likeness (QED) is 0.644. The van der Waals surface area contributed by atoms with Crippen LogP contribution in [0.5, 0.6) is 0 Å². The normalized spacial score (nSPS) is 49.4. The Bertz CT molecular complexity index is 743. The van der Waals surface area contributed by atoms with Crippen LogP contribution in [0.1, 0.15) is 79.1 Å². The van der Waals surface area contributed by atoms with Gasteiger partial charge in [0.05, 0.1) is 5.71 Å². The maximum Gasteiger partial charge on any atom is 0.302 e.